The predicted octanol–water partition coefficient (Wildman–Crippen LogP) is 7.56. The Balaban J connectivity index is 1.56. The minimum absolute atomic E-state index is 0.0671. The molecule has 4 nitrogen and oxygen atoms in total. The second-order valence-corrected chi connectivity index (χ2v) is 14.4. The molecule has 0 amide bonds. The van der Waals surface area contributed by atoms with E-state index in [0.717, 1.165) is 50.7 Å². The first kappa shape index (κ1) is 24.4. The molecule has 5 rings (SSSR count). The molecule has 5 saturated carbocycles. The average molecular weight is 470 g/mol. The summed E-state index contributed by atoms with van der Waals surface area (Å²) in [6.07, 6.45) is 10.5. The molecule has 0 saturated heterocycles. The predicted molar refractivity (Wildman–Crippen MR) is 136 cm³/mol. The van der Waals surface area contributed by atoms with Crippen molar-refractivity contribution < 1.29 is 15.1 Å². The van der Waals surface area contributed by atoms with Gasteiger partial charge in [0.2, 0.25) is 0 Å². The lowest BCUT2D eigenvalue weighted by atomic mass is 9.32. The summed E-state index contributed by atoms with van der Waals surface area (Å²) in [5.74, 6) is 1.69. The molecule has 0 radical (unpaired) electrons. The number of rotatable bonds is 2. The van der Waals surface area contributed by atoms with E-state index in [1.54, 1.807) is 0 Å². The lowest BCUT2D eigenvalue weighted by molar-refractivity contribution is -0.230. The summed E-state index contributed by atoms with van der Waals surface area (Å²) < 4.78 is 0. The topological polar surface area (TPSA) is 69.9 Å². The fraction of sp³-hybridized carbons (Fsp3) is 0.867. The monoisotopic (exact) mass is 469 g/mol. The molecule has 34 heavy (non-hydrogen) atoms. The van der Waals surface area contributed by atoms with E-state index in [9.17, 15) is 15.1 Å². The van der Waals surface area contributed by atoms with Crippen molar-refractivity contribution in [2.75, 3.05) is 0 Å². The molecule has 0 spiro atoms. The number of carboxylic acids is 1. The molecule has 0 aromatic carbocycles. The zero-order valence-electron chi connectivity index (χ0n) is 22.4. The van der Waals surface area contributed by atoms with E-state index in [2.05, 4.69) is 53.3 Å². The molecule has 190 valence electrons. The standard InChI is InChI=1S/C30H47NO3/c1-18(2)19-10-15-30(25(32)33)17-16-28(6)20(24(19)30)8-9-22-27(5)13-12-23(31-34)26(3,4)21(27)11-14-29(22,28)7/h19-22,24,34H,1,8-17H2,2-7H3,(H,32,33)/b31-23+/t19-,20-,21-,22+,24+,27-,28+,29+,30+/m0/s1. The zero-order chi connectivity index (χ0) is 24.9. The second-order valence-electron chi connectivity index (χ2n) is 14.4. The van der Waals surface area contributed by atoms with Crippen LogP contribution in [0.3, 0.4) is 0 Å². The second kappa shape index (κ2) is 7.35. The quantitative estimate of drug-likeness (QED) is 0.249. The molecule has 5 aliphatic rings. The number of carbonyl (C=O) groups is 1. The third-order valence-corrected chi connectivity index (χ3v) is 13.4. The molecular formula is C30H47NO3. The van der Waals surface area contributed by atoms with Gasteiger partial charge in [-0.1, -0.05) is 51.9 Å². The van der Waals surface area contributed by atoms with Gasteiger partial charge in [0.15, 0.2) is 0 Å². The summed E-state index contributed by atoms with van der Waals surface area (Å²) in [7, 11) is 0. The average Bonchev–Trinajstić information content (AvgIpc) is 3.15. The molecule has 9 atom stereocenters. The molecule has 5 fully saturated rings. The maximum absolute atomic E-state index is 12.8. The first-order chi connectivity index (χ1) is 15.8. The number of fused-ring (bicyclic) bond motifs is 7. The third-order valence-electron chi connectivity index (χ3n) is 13.4. The van der Waals surface area contributed by atoms with Crippen molar-refractivity contribution in [3.05, 3.63) is 12.2 Å². The number of nitrogens with zero attached hydrogens (tertiary/aromatic N) is 1. The Morgan fingerprint density at radius 1 is 0.912 bits per heavy atom. The van der Waals surface area contributed by atoms with E-state index in [1.165, 1.54) is 24.8 Å². The Labute approximate surface area is 206 Å². The number of oxime groups is 1. The van der Waals surface area contributed by atoms with E-state index < -0.39 is 11.4 Å². The van der Waals surface area contributed by atoms with Crippen LogP contribution in [0.1, 0.15) is 106 Å². The Bertz CT molecular complexity index is 937. The lowest BCUT2D eigenvalue weighted by Gasteiger charge is -2.72. The smallest absolute Gasteiger partial charge is 0.309 e. The molecule has 0 bridgehead atoms. The highest BCUT2D eigenvalue weighted by Crippen LogP contribution is 2.77. The van der Waals surface area contributed by atoms with Crippen LogP contribution in [-0.4, -0.2) is 22.0 Å². The number of hydrogen-bond donors (Lipinski definition) is 2. The van der Waals surface area contributed by atoms with E-state index in [-0.39, 0.29) is 27.6 Å². The SMILES string of the molecule is C=C(C)[C@@H]1CC[C@@]2(C(=O)O)CC[C@]3(C)[C@@H](CC[C@@H]4[C@@]5(C)CC/C(=N\O)C(C)(C)[C@@H]5CC[C@]43C)[C@@H]12. The van der Waals surface area contributed by atoms with Crippen molar-refractivity contribution >= 4 is 11.7 Å². The summed E-state index contributed by atoms with van der Waals surface area (Å²) in [6, 6.07) is 0. The van der Waals surface area contributed by atoms with Crippen molar-refractivity contribution in [2.45, 2.75) is 106 Å². The minimum Gasteiger partial charge on any atom is -0.481 e. The number of allylic oxidation sites excluding steroid dienone is 1. The van der Waals surface area contributed by atoms with Gasteiger partial charge in [0.05, 0.1) is 11.1 Å². The fourth-order valence-electron chi connectivity index (χ4n) is 11.5. The van der Waals surface area contributed by atoms with Gasteiger partial charge >= 0.3 is 5.97 Å². The third kappa shape index (κ3) is 2.72. The van der Waals surface area contributed by atoms with Crippen LogP contribution < -0.4 is 0 Å². The molecule has 5 aliphatic carbocycles. The van der Waals surface area contributed by atoms with Crippen molar-refractivity contribution in [1.29, 1.82) is 0 Å². The normalized spacial score (nSPS) is 52.8. The molecule has 2 N–H and O–H groups in total. The highest BCUT2D eigenvalue weighted by Gasteiger charge is 2.71. The van der Waals surface area contributed by atoms with Crippen LogP contribution in [0.2, 0.25) is 0 Å². The van der Waals surface area contributed by atoms with E-state index in [0.29, 0.717) is 23.7 Å². The number of hydrogen-bond acceptors (Lipinski definition) is 3. The molecule has 0 aliphatic heterocycles. The maximum atomic E-state index is 12.8. The van der Waals surface area contributed by atoms with Gasteiger partial charge in [0.1, 0.15) is 0 Å². The van der Waals surface area contributed by atoms with Gasteiger partial charge in [-0.15, -0.1) is 0 Å². The lowest BCUT2D eigenvalue weighted by Crippen LogP contribution is -2.66. The van der Waals surface area contributed by atoms with Crippen LogP contribution in [0.4, 0.5) is 0 Å². The largest absolute Gasteiger partial charge is 0.481 e. The molecule has 4 heteroatoms. The van der Waals surface area contributed by atoms with Crippen LogP contribution >= 0.6 is 0 Å². The molecular weight excluding hydrogens is 422 g/mol. The summed E-state index contributed by atoms with van der Waals surface area (Å²) in [5, 5.41) is 24.0. The first-order valence-corrected chi connectivity index (χ1v) is 13.9. The van der Waals surface area contributed by atoms with Gasteiger partial charge in [-0.05, 0) is 117 Å². The highest BCUT2D eigenvalue weighted by atomic mass is 16.4. The zero-order valence-corrected chi connectivity index (χ0v) is 22.4. The summed E-state index contributed by atoms with van der Waals surface area (Å²) in [6.45, 7) is 18.8. The van der Waals surface area contributed by atoms with E-state index in [4.69, 9.17) is 0 Å². The Hall–Kier alpha value is -1.32. The van der Waals surface area contributed by atoms with E-state index in [1.807, 2.05) is 0 Å². The van der Waals surface area contributed by atoms with Gasteiger partial charge in [0, 0.05) is 5.41 Å². The Morgan fingerprint density at radius 3 is 2.24 bits per heavy atom. The van der Waals surface area contributed by atoms with Gasteiger partial charge < -0.3 is 10.3 Å². The van der Waals surface area contributed by atoms with Gasteiger partial charge in [-0.3, -0.25) is 4.79 Å². The van der Waals surface area contributed by atoms with E-state index >= 15 is 0 Å². The van der Waals surface area contributed by atoms with Crippen molar-refractivity contribution in [3.8, 4) is 0 Å². The van der Waals surface area contributed by atoms with Crippen LogP contribution in [0.5, 0.6) is 0 Å². The number of aliphatic carboxylic acids is 1. The molecule has 0 heterocycles. The minimum atomic E-state index is -0.545. The number of carboxylic acid groups (broad SMARTS) is 1. The first-order valence-electron chi connectivity index (χ1n) is 13.9. The summed E-state index contributed by atoms with van der Waals surface area (Å²) >= 11 is 0. The van der Waals surface area contributed by atoms with Crippen LogP contribution in [0.25, 0.3) is 0 Å². The van der Waals surface area contributed by atoms with Gasteiger partial charge in [-0.2, -0.15) is 0 Å². The summed E-state index contributed by atoms with van der Waals surface area (Å²) in [5.41, 5.74) is 2.20. The fourth-order valence-corrected chi connectivity index (χ4v) is 11.5. The van der Waals surface area contributed by atoms with Crippen molar-refractivity contribution in [3.63, 3.8) is 0 Å². The van der Waals surface area contributed by atoms with Gasteiger partial charge in [0.25, 0.3) is 0 Å². The Kier molecular flexibility index (Phi) is 5.27. The molecule has 0 aromatic rings. The van der Waals surface area contributed by atoms with Crippen molar-refractivity contribution in [2.24, 2.45) is 61.8 Å². The van der Waals surface area contributed by atoms with Crippen LogP contribution in [0.15, 0.2) is 17.3 Å². The molecule has 0 unspecified atom stereocenters. The van der Waals surface area contributed by atoms with Gasteiger partial charge in [-0.25, -0.2) is 0 Å². The van der Waals surface area contributed by atoms with Crippen LogP contribution in [-0.2, 0) is 4.79 Å². The van der Waals surface area contributed by atoms with Crippen molar-refractivity contribution in [1.82, 2.24) is 0 Å². The maximum Gasteiger partial charge on any atom is 0.309 e. The Morgan fingerprint density at radius 2 is 1.62 bits per heavy atom. The van der Waals surface area contributed by atoms with Crippen LogP contribution in [0, 0.1) is 56.7 Å². The molecule has 0 aromatic heterocycles. The summed E-state index contributed by atoms with van der Waals surface area (Å²) in [4.78, 5) is 12.8. The highest BCUT2D eigenvalue weighted by molar-refractivity contribution is 5.90.